The molecular weight excluding hydrogens is 421 g/mol. The second-order valence-corrected chi connectivity index (χ2v) is 8.92. The van der Waals surface area contributed by atoms with Crippen LogP contribution in [0.5, 0.6) is 0 Å². The van der Waals surface area contributed by atoms with Gasteiger partial charge in [-0.2, -0.15) is 5.26 Å². The van der Waals surface area contributed by atoms with E-state index in [1.165, 1.54) is 12.1 Å². The Morgan fingerprint density at radius 3 is 2.58 bits per heavy atom. The molecule has 1 aromatic carbocycles. The fourth-order valence-corrected chi connectivity index (χ4v) is 4.96. The van der Waals surface area contributed by atoms with Crippen molar-refractivity contribution >= 4 is 17.6 Å². The third kappa shape index (κ3) is 4.64. The third-order valence-corrected chi connectivity index (χ3v) is 6.81. The molecule has 7 nitrogen and oxygen atoms in total. The summed E-state index contributed by atoms with van der Waals surface area (Å²) in [5.41, 5.74) is 2.38. The number of piperidine rings is 1. The maximum atomic E-state index is 13.9. The lowest BCUT2D eigenvalue weighted by molar-refractivity contribution is -0.137. The van der Waals surface area contributed by atoms with Crippen molar-refractivity contribution in [2.75, 3.05) is 31.5 Å². The maximum absolute atomic E-state index is 13.9. The van der Waals surface area contributed by atoms with Gasteiger partial charge in [-0.25, -0.2) is 4.39 Å². The van der Waals surface area contributed by atoms with Crippen molar-refractivity contribution in [2.24, 2.45) is 0 Å². The van der Waals surface area contributed by atoms with Crippen molar-refractivity contribution in [3.8, 4) is 11.8 Å². The minimum Gasteiger partial charge on any atom is -0.341 e. The number of rotatable bonds is 5. The Balaban J connectivity index is 1.57. The number of benzene rings is 1. The van der Waals surface area contributed by atoms with E-state index >= 15 is 0 Å². The molecule has 2 aromatic rings. The zero-order valence-corrected chi connectivity index (χ0v) is 19.2. The number of amides is 2. The van der Waals surface area contributed by atoms with Gasteiger partial charge in [0.25, 0.3) is 0 Å². The fourth-order valence-electron chi connectivity index (χ4n) is 4.96. The summed E-state index contributed by atoms with van der Waals surface area (Å²) in [7, 11) is 0. The van der Waals surface area contributed by atoms with Gasteiger partial charge >= 0.3 is 0 Å². The van der Waals surface area contributed by atoms with Gasteiger partial charge in [-0.3, -0.25) is 19.1 Å². The van der Waals surface area contributed by atoms with Gasteiger partial charge in [-0.1, -0.05) is 12.5 Å². The van der Waals surface area contributed by atoms with Crippen LogP contribution in [0.25, 0.3) is 5.69 Å². The largest absolute Gasteiger partial charge is 0.341 e. The predicted molar refractivity (Wildman–Crippen MR) is 124 cm³/mol. The molecule has 1 unspecified atom stereocenters. The Morgan fingerprint density at radius 2 is 1.88 bits per heavy atom. The van der Waals surface area contributed by atoms with Crippen LogP contribution in [0.3, 0.4) is 0 Å². The van der Waals surface area contributed by atoms with Gasteiger partial charge in [0.15, 0.2) is 0 Å². The highest BCUT2D eigenvalue weighted by atomic mass is 19.1. The molecule has 0 radical (unpaired) electrons. The number of aromatic nitrogens is 1. The Kier molecular flexibility index (Phi) is 6.80. The van der Waals surface area contributed by atoms with Crippen LogP contribution in [-0.2, 0) is 9.59 Å². The van der Waals surface area contributed by atoms with Gasteiger partial charge in [-0.05, 0) is 69.8 Å². The number of carbonyl (C=O) groups excluding carboxylic acids is 2. The van der Waals surface area contributed by atoms with Crippen molar-refractivity contribution in [3.05, 3.63) is 46.9 Å². The van der Waals surface area contributed by atoms with Crippen LogP contribution in [0.1, 0.15) is 48.9 Å². The number of nitrogens with one attached hydrogen (secondary N) is 1. The van der Waals surface area contributed by atoms with Crippen LogP contribution in [-0.4, -0.2) is 58.4 Å². The van der Waals surface area contributed by atoms with Crippen molar-refractivity contribution < 1.29 is 14.0 Å². The minimum absolute atomic E-state index is 0.0710. The topological polar surface area (TPSA) is 81.4 Å². The summed E-state index contributed by atoms with van der Waals surface area (Å²) in [5, 5.41) is 12.7. The summed E-state index contributed by atoms with van der Waals surface area (Å²) < 4.78 is 15.6. The molecule has 2 amide bonds. The number of anilines is 1. The zero-order chi connectivity index (χ0) is 23.5. The number of halogens is 1. The summed E-state index contributed by atoms with van der Waals surface area (Å²) in [6.45, 7) is 6.00. The number of hydrogen-bond acceptors (Lipinski definition) is 4. The average molecular weight is 452 g/mol. The molecule has 174 valence electrons. The lowest BCUT2D eigenvalue weighted by Crippen LogP contribution is -2.52. The molecule has 33 heavy (non-hydrogen) atoms. The highest BCUT2D eigenvalue weighted by Crippen LogP contribution is 2.30. The number of nitriles is 1. The van der Waals surface area contributed by atoms with Gasteiger partial charge < -0.3 is 10.2 Å². The summed E-state index contributed by atoms with van der Waals surface area (Å²) >= 11 is 0. The predicted octanol–water partition coefficient (Wildman–Crippen LogP) is 3.52. The van der Waals surface area contributed by atoms with Gasteiger partial charge in [0.2, 0.25) is 11.8 Å². The average Bonchev–Trinajstić information content (AvgIpc) is 3.41. The fraction of sp³-hybridized carbons (Fsp3) is 0.480. The molecule has 1 N–H and O–H groups in total. The van der Waals surface area contributed by atoms with E-state index in [2.05, 4.69) is 11.4 Å². The number of likely N-dealkylation sites (tertiary alicyclic amines) is 2. The van der Waals surface area contributed by atoms with Crippen molar-refractivity contribution in [1.82, 2.24) is 14.4 Å². The van der Waals surface area contributed by atoms with Crippen LogP contribution in [0.15, 0.2) is 24.3 Å². The Labute approximate surface area is 193 Å². The molecule has 0 saturated carbocycles. The first kappa shape index (κ1) is 23.0. The smallest absolute Gasteiger partial charge is 0.239 e. The van der Waals surface area contributed by atoms with Crippen molar-refractivity contribution in [1.29, 1.82) is 5.26 Å². The van der Waals surface area contributed by atoms with E-state index < -0.39 is 5.82 Å². The molecule has 2 fully saturated rings. The molecule has 4 rings (SSSR count). The molecule has 8 heteroatoms. The first-order chi connectivity index (χ1) is 15.9. The van der Waals surface area contributed by atoms with Gasteiger partial charge in [0.05, 0.1) is 23.8 Å². The molecule has 3 heterocycles. The number of hydrogen-bond donors (Lipinski definition) is 1. The molecule has 2 aliphatic heterocycles. The third-order valence-electron chi connectivity index (χ3n) is 6.81. The van der Waals surface area contributed by atoms with Crippen LogP contribution < -0.4 is 5.32 Å². The van der Waals surface area contributed by atoms with Crippen LogP contribution in [0.2, 0.25) is 0 Å². The van der Waals surface area contributed by atoms with Gasteiger partial charge in [0.1, 0.15) is 17.7 Å². The van der Waals surface area contributed by atoms with E-state index in [0.29, 0.717) is 23.6 Å². The highest BCUT2D eigenvalue weighted by Gasteiger charge is 2.34. The molecule has 0 spiro atoms. The molecule has 2 aliphatic rings. The SMILES string of the molecule is Cc1c(C#N)c(NC(=O)CN2CCCCC2C(=O)N2CCCC2)n(-c2cccc(F)c2)c1C. The molecule has 1 aromatic heterocycles. The first-order valence-corrected chi connectivity index (χ1v) is 11.6. The standard InChI is InChI=1S/C25H30FN5O2/c1-17-18(2)31(20-9-7-8-19(26)14-20)24(21(17)15-27)28-23(32)16-30-13-4-3-10-22(30)25(33)29-11-5-6-12-29/h7-9,14,22H,3-6,10-13,16H2,1-2H3,(H,28,32). The summed E-state index contributed by atoms with van der Waals surface area (Å²) in [5.74, 6) is -0.233. The normalized spacial score (nSPS) is 18.8. The monoisotopic (exact) mass is 451 g/mol. The first-order valence-electron chi connectivity index (χ1n) is 11.6. The zero-order valence-electron chi connectivity index (χ0n) is 19.2. The molecule has 0 aliphatic carbocycles. The van der Waals surface area contributed by atoms with E-state index in [1.54, 1.807) is 16.7 Å². The summed E-state index contributed by atoms with van der Waals surface area (Å²) in [4.78, 5) is 30.0. The molecular formula is C25H30FN5O2. The Hall–Kier alpha value is -3.18. The van der Waals surface area contributed by atoms with E-state index in [1.807, 2.05) is 23.6 Å². The van der Waals surface area contributed by atoms with E-state index in [0.717, 1.165) is 56.5 Å². The Morgan fingerprint density at radius 1 is 1.15 bits per heavy atom. The summed E-state index contributed by atoms with van der Waals surface area (Å²) in [6, 6.07) is 7.96. The molecule has 1 atom stereocenters. The van der Waals surface area contributed by atoms with E-state index in [4.69, 9.17) is 0 Å². The lowest BCUT2D eigenvalue weighted by Gasteiger charge is -2.36. The van der Waals surface area contributed by atoms with Crippen molar-refractivity contribution in [2.45, 2.75) is 52.0 Å². The Bertz CT molecular complexity index is 1100. The van der Waals surface area contributed by atoms with E-state index in [9.17, 15) is 19.2 Å². The maximum Gasteiger partial charge on any atom is 0.239 e. The van der Waals surface area contributed by atoms with Crippen LogP contribution >= 0.6 is 0 Å². The van der Waals surface area contributed by atoms with Gasteiger partial charge in [-0.15, -0.1) is 0 Å². The lowest BCUT2D eigenvalue weighted by atomic mass is 10.0. The van der Waals surface area contributed by atoms with Crippen LogP contribution in [0, 0.1) is 31.0 Å². The second kappa shape index (κ2) is 9.75. The van der Waals surface area contributed by atoms with Crippen LogP contribution in [0.4, 0.5) is 10.2 Å². The second-order valence-electron chi connectivity index (χ2n) is 8.92. The number of nitrogens with zero attached hydrogens (tertiary/aromatic N) is 4. The van der Waals surface area contributed by atoms with Gasteiger partial charge in [0, 0.05) is 18.8 Å². The summed E-state index contributed by atoms with van der Waals surface area (Å²) in [6.07, 6.45) is 4.74. The highest BCUT2D eigenvalue weighted by molar-refractivity contribution is 5.94. The minimum atomic E-state index is -0.398. The molecule has 0 bridgehead atoms. The van der Waals surface area contributed by atoms with Crippen molar-refractivity contribution in [3.63, 3.8) is 0 Å². The number of carbonyl (C=O) groups is 2. The molecule has 2 saturated heterocycles. The quantitative estimate of drug-likeness (QED) is 0.754. The van der Waals surface area contributed by atoms with E-state index in [-0.39, 0.29) is 24.4 Å².